The predicted molar refractivity (Wildman–Crippen MR) is 137 cm³/mol. The van der Waals surface area contributed by atoms with Crippen LogP contribution in [0.15, 0.2) is 91.0 Å². The highest BCUT2D eigenvalue weighted by Gasteiger charge is 2.37. The van der Waals surface area contributed by atoms with Crippen molar-refractivity contribution in [3.63, 3.8) is 0 Å². The summed E-state index contributed by atoms with van der Waals surface area (Å²) in [5.74, 6) is -1.11. The van der Waals surface area contributed by atoms with E-state index in [2.05, 4.69) is 5.32 Å². The van der Waals surface area contributed by atoms with Gasteiger partial charge in [-0.25, -0.2) is 4.90 Å². The summed E-state index contributed by atoms with van der Waals surface area (Å²) >= 11 is 5.88. The van der Waals surface area contributed by atoms with Crippen LogP contribution >= 0.6 is 11.6 Å². The number of ether oxygens (including phenoxy) is 1. The number of amides is 3. The first-order valence-corrected chi connectivity index (χ1v) is 11.3. The van der Waals surface area contributed by atoms with Crippen LogP contribution in [-0.4, -0.2) is 22.6 Å². The number of carbonyl (C=O) groups is 3. The lowest BCUT2D eigenvalue weighted by Gasteiger charge is -2.15. The molecule has 0 aliphatic carbocycles. The molecule has 1 heterocycles. The standard InChI is InChI=1S/C27H16ClN3O6/c28-17-7-9-18(10-8-17)29-25(32)16-3-1-4-19(13-16)30-26(33)23-12-11-22(15-24(23)27(30)34)37-21-6-2-5-20(14-21)31(35)36/h1-15H,(H,29,32). The van der Waals surface area contributed by atoms with Crippen LogP contribution < -0.4 is 15.0 Å². The van der Waals surface area contributed by atoms with Gasteiger partial charge in [-0.15, -0.1) is 0 Å². The highest BCUT2D eigenvalue weighted by Crippen LogP contribution is 2.33. The number of carbonyl (C=O) groups excluding carboxylic acids is 3. The molecule has 0 spiro atoms. The van der Waals surface area contributed by atoms with Crippen molar-refractivity contribution in [1.82, 2.24) is 0 Å². The Kier molecular flexibility index (Phi) is 6.12. The summed E-state index contributed by atoms with van der Waals surface area (Å²) in [6.45, 7) is 0. The van der Waals surface area contributed by atoms with Gasteiger partial charge in [0.2, 0.25) is 0 Å². The van der Waals surface area contributed by atoms with E-state index in [1.807, 2.05) is 0 Å². The molecule has 0 unspecified atom stereocenters. The number of anilines is 2. The fourth-order valence-electron chi connectivity index (χ4n) is 3.84. The lowest BCUT2D eigenvalue weighted by atomic mass is 10.1. The van der Waals surface area contributed by atoms with Gasteiger partial charge < -0.3 is 10.1 Å². The molecule has 1 N–H and O–H groups in total. The minimum absolute atomic E-state index is 0.115. The number of nitrogens with zero attached hydrogens (tertiary/aromatic N) is 2. The molecule has 4 aromatic carbocycles. The fraction of sp³-hybridized carbons (Fsp3) is 0. The van der Waals surface area contributed by atoms with Crippen LogP contribution in [0.25, 0.3) is 0 Å². The molecule has 10 heteroatoms. The van der Waals surface area contributed by atoms with E-state index in [1.165, 1.54) is 42.5 Å². The van der Waals surface area contributed by atoms with Crippen molar-refractivity contribution in [2.75, 3.05) is 10.2 Å². The number of nitrogens with one attached hydrogen (secondary N) is 1. The number of imide groups is 1. The van der Waals surface area contributed by atoms with Gasteiger partial charge in [-0.05, 0) is 66.7 Å². The quantitative estimate of drug-likeness (QED) is 0.189. The molecule has 0 saturated carbocycles. The number of hydrogen-bond donors (Lipinski definition) is 1. The Bertz CT molecular complexity index is 1590. The van der Waals surface area contributed by atoms with Crippen molar-refractivity contribution in [2.24, 2.45) is 0 Å². The number of non-ortho nitro benzene ring substituents is 1. The third kappa shape index (κ3) is 4.75. The molecule has 0 radical (unpaired) electrons. The Hall–Kier alpha value is -5.02. The van der Waals surface area contributed by atoms with Crippen molar-refractivity contribution in [1.29, 1.82) is 0 Å². The molecule has 0 fully saturated rings. The van der Waals surface area contributed by atoms with Crippen molar-refractivity contribution in [3.8, 4) is 11.5 Å². The van der Waals surface area contributed by atoms with Crippen LogP contribution in [0.4, 0.5) is 17.1 Å². The van der Waals surface area contributed by atoms with Crippen molar-refractivity contribution >= 4 is 46.4 Å². The number of rotatable bonds is 6. The van der Waals surface area contributed by atoms with E-state index in [0.29, 0.717) is 10.7 Å². The lowest BCUT2D eigenvalue weighted by Crippen LogP contribution is -2.29. The first-order valence-electron chi connectivity index (χ1n) is 10.9. The molecule has 3 amide bonds. The smallest absolute Gasteiger partial charge is 0.273 e. The second-order valence-corrected chi connectivity index (χ2v) is 8.46. The molecule has 9 nitrogen and oxygen atoms in total. The number of nitro benzene ring substituents is 1. The topological polar surface area (TPSA) is 119 Å². The maximum atomic E-state index is 13.2. The van der Waals surface area contributed by atoms with Gasteiger partial charge in [0.25, 0.3) is 23.4 Å². The van der Waals surface area contributed by atoms with Crippen molar-refractivity contribution in [2.45, 2.75) is 0 Å². The second kappa shape index (κ2) is 9.56. The first kappa shape index (κ1) is 23.7. The second-order valence-electron chi connectivity index (χ2n) is 8.02. The maximum Gasteiger partial charge on any atom is 0.273 e. The molecule has 182 valence electrons. The van der Waals surface area contributed by atoms with Gasteiger partial charge in [0.15, 0.2) is 0 Å². The van der Waals surface area contributed by atoms with Crippen molar-refractivity contribution in [3.05, 3.63) is 123 Å². The number of fused-ring (bicyclic) bond motifs is 1. The summed E-state index contributed by atoms with van der Waals surface area (Å²) in [6, 6.07) is 22.7. The number of nitro groups is 1. The van der Waals surface area contributed by atoms with Crippen LogP contribution in [-0.2, 0) is 0 Å². The molecule has 1 aliphatic rings. The van der Waals surface area contributed by atoms with E-state index in [4.69, 9.17) is 16.3 Å². The normalized spacial score (nSPS) is 12.3. The predicted octanol–water partition coefficient (Wildman–Crippen LogP) is 6.09. The van der Waals surface area contributed by atoms with E-state index >= 15 is 0 Å². The van der Waals surface area contributed by atoms with Gasteiger partial charge in [-0.1, -0.05) is 23.7 Å². The van der Waals surface area contributed by atoms with Crippen LogP contribution in [0.1, 0.15) is 31.1 Å². The summed E-state index contributed by atoms with van der Waals surface area (Å²) in [7, 11) is 0. The highest BCUT2D eigenvalue weighted by molar-refractivity contribution is 6.34. The van der Waals surface area contributed by atoms with E-state index < -0.39 is 22.6 Å². The van der Waals surface area contributed by atoms with Gasteiger partial charge in [-0.2, -0.15) is 0 Å². The molecule has 0 aromatic heterocycles. The Morgan fingerprint density at radius 2 is 1.54 bits per heavy atom. The molecule has 4 aromatic rings. The van der Waals surface area contributed by atoms with Gasteiger partial charge in [0, 0.05) is 22.3 Å². The summed E-state index contributed by atoms with van der Waals surface area (Å²) in [5, 5.41) is 14.3. The zero-order valence-corrected chi connectivity index (χ0v) is 19.6. The minimum Gasteiger partial charge on any atom is -0.457 e. The molecule has 1 aliphatic heterocycles. The summed E-state index contributed by atoms with van der Waals surface area (Å²) < 4.78 is 5.69. The van der Waals surface area contributed by atoms with Crippen LogP contribution in [0.5, 0.6) is 11.5 Å². The van der Waals surface area contributed by atoms with E-state index in [9.17, 15) is 24.5 Å². The molecule has 5 rings (SSSR count). The van der Waals surface area contributed by atoms with E-state index in [1.54, 1.807) is 48.5 Å². The molecule has 0 atom stereocenters. The maximum absolute atomic E-state index is 13.2. The third-order valence-corrected chi connectivity index (χ3v) is 5.84. The Morgan fingerprint density at radius 1 is 0.838 bits per heavy atom. The highest BCUT2D eigenvalue weighted by atomic mass is 35.5. The molecular weight excluding hydrogens is 498 g/mol. The van der Waals surface area contributed by atoms with Gasteiger partial charge >= 0.3 is 0 Å². The van der Waals surface area contributed by atoms with E-state index in [0.717, 1.165) is 4.90 Å². The SMILES string of the molecule is O=C(Nc1ccc(Cl)cc1)c1cccc(N2C(=O)c3ccc(Oc4cccc([N+](=O)[O-])c4)cc3C2=O)c1. The van der Waals surface area contributed by atoms with Crippen LogP contribution in [0, 0.1) is 10.1 Å². The molecule has 0 bridgehead atoms. The average molecular weight is 514 g/mol. The number of hydrogen-bond acceptors (Lipinski definition) is 6. The van der Waals surface area contributed by atoms with Crippen LogP contribution in [0.3, 0.4) is 0 Å². The number of halogens is 1. The molecular formula is C27H16ClN3O6. The monoisotopic (exact) mass is 513 g/mol. The Labute approximate surface area is 215 Å². The number of benzene rings is 4. The largest absolute Gasteiger partial charge is 0.457 e. The summed E-state index contributed by atoms with van der Waals surface area (Å²) in [4.78, 5) is 50.5. The fourth-order valence-corrected chi connectivity index (χ4v) is 3.96. The average Bonchev–Trinajstić information content (AvgIpc) is 3.14. The van der Waals surface area contributed by atoms with Gasteiger partial charge in [0.05, 0.1) is 27.8 Å². The molecule has 37 heavy (non-hydrogen) atoms. The van der Waals surface area contributed by atoms with Gasteiger partial charge in [0.1, 0.15) is 11.5 Å². The zero-order chi connectivity index (χ0) is 26.1. The Morgan fingerprint density at radius 3 is 2.30 bits per heavy atom. The Balaban J connectivity index is 1.38. The summed E-state index contributed by atoms with van der Waals surface area (Å²) in [5.41, 5.74) is 1.17. The first-order chi connectivity index (χ1) is 17.8. The minimum atomic E-state index is -0.584. The van der Waals surface area contributed by atoms with Crippen molar-refractivity contribution < 1.29 is 24.0 Å². The lowest BCUT2D eigenvalue weighted by molar-refractivity contribution is -0.384. The molecule has 0 saturated heterocycles. The van der Waals surface area contributed by atoms with Gasteiger partial charge in [-0.3, -0.25) is 24.5 Å². The van der Waals surface area contributed by atoms with Crippen LogP contribution in [0.2, 0.25) is 5.02 Å². The summed E-state index contributed by atoms with van der Waals surface area (Å²) in [6.07, 6.45) is 0. The third-order valence-electron chi connectivity index (χ3n) is 5.59. The zero-order valence-electron chi connectivity index (χ0n) is 18.9. The van der Waals surface area contributed by atoms with E-state index in [-0.39, 0.29) is 39.6 Å².